The molecule has 3 aromatic rings. The molecule has 2 aromatic carbocycles. The number of carbonyl (C=O) groups is 2. The summed E-state index contributed by atoms with van der Waals surface area (Å²) in [6.45, 7) is 4.00. The molecule has 1 heterocycles. The van der Waals surface area contributed by atoms with E-state index in [1.165, 1.54) is 23.5 Å². The van der Waals surface area contributed by atoms with Gasteiger partial charge >= 0.3 is 5.97 Å². The average Bonchev–Trinajstić information content (AvgIpc) is 3.09. The van der Waals surface area contributed by atoms with Gasteiger partial charge in [-0.1, -0.05) is 35.9 Å². The quantitative estimate of drug-likeness (QED) is 0.616. The number of ether oxygens (including phenoxy) is 1. The third-order valence-corrected chi connectivity index (χ3v) is 4.81. The number of hydrogen-bond donors (Lipinski definition) is 1. The predicted molar refractivity (Wildman–Crippen MR) is 107 cm³/mol. The number of nitrogens with zero attached hydrogens (tertiary/aromatic N) is 1. The van der Waals surface area contributed by atoms with Crippen LogP contribution in [0.5, 0.6) is 0 Å². The Morgan fingerprint density at radius 2 is 1.86 bits per heavy atom. The highest BCUT2D eigenvalue weighted by molar-refractivity contribution is 7.14. The molecule has 28 heavy (non-hydrogen) atoms. The summed E-state index contributed by atoms with van der Waals surface area (Å²) in [6, 6.07) is 12.2. The number of esters is 1. The number of thiazole rings is 1. The minimum Gasteiger partial charge on any atom is -0.466 e. The Bertz CT molecular complexity index is 999. The summed E-state index contributed by atoms with van der Waals surface area (Å²) in [7, 11) is 0. The van der Waals surface area contributed by atoms with Gasteiger partial charge in [0.05, 0.1) is 24.3 Å². The Hall–Kier alpha value is -3.06. The van der Waals surface area contributed by atoms with Crippen molar-refractivity contribution in [3.63, 3.8) is 0 Å². The summed E-state index contributed by atoms with van der Waals surface area (Å²) in [4.78, 5) is 28.0. The van der Waals surface area contributed by atoms with Crippen molar-refractivity contribution >= 4 is 28.3 Å². The Morgan fingerprint density at radius 3 is 2.54 bits per heavy atom. The van der Waals surface area contributed by atoms with Crippen molar-refractivity contribution in [2.75, 3.05) is 11.9 Å². The van der Waals surface area contributed by atoms with Crippen LogP contribution in [0, 0.1) is 12.7 Å². The third kappa shape index (κ3) is 4.80. The van der Waals surface area contributed by atoms with Crippen LogP contribution in [-0.2, 0) is 16.0 Å². The zero-order valence-corrected chi connectivity index (χ0v) is 16.3. The highest BCUT2D eigenvalue weighted by atomic mass is 32.1. The summed E-state index contributed by atoms with van der Waals surface area (Å²) in [6.07, 6.45) is 0.0276. The van der Waals surface area contributed by atoms with Gasteiger partial charge in [-0.2, -0.15) is 0 Å². The zero-order chi connectivity index (χ0) is 20.1. The first-order valence-corrected chi connectivity index (χ1v) is 9.62. The monoisotopic (exact) mass is 398 g/mol. The number of rotatable bonds is 6. The standard InChI is InChI=1S/C21H19FN2O3S/c1-3-27-19(25)11-16-12-28-21(23-16)24-20(26)17-9-8-15(10-18(17)22)14-6-4-13(2)5-7-14/h4-10,12H,3,11H2,1-2H3,(H,23,24,26). The molecule has 5 nitrogen and oxygen atoms in total. The third-order valence-electron chi connectivity index (χ3n) is 4.00. The van der Waals surface area contributed by atoms with Crippen LogP contribution in [0.3, 0.4) is 0 Å². The van der Waals surface area contributed by atoms with E-state index in [-0.39, 0.29) is 18.0 Å². The van der Waals surface area contributed by atoms with Gasteiger partial charge in [0.2, 0.25) is 0 Å². The smallest absolute Gasteiger partial charge is 0.311 e. The molecule has 1 aromatic heterocycles. The molecule has 0 bridgehead atoms. The van der Waals surface area contributed by atoms with E-state index in [1.807, 2.05) is 31.2 Å². The van der Waals surface area contributed by atoms with Gasteiger partial charge in [-0.3, -0.25) is 14.9 Å². The lowest BCUT2D eigenvalue weighted by molar-refractivity contribution is -0.142. The van der Waals surface area contributed by atoms with E-state index < -0.39 is 11.7 Å². The van der Waals surface area contributed by atoms with Gasteiger partial charge < -0.3 is 4.74 Å². The van der Waals surface area contributed by atoms with Gasteiger partial charge in [-0.05, 0) is 37.1 Å². The molecule has 0 aliphatic carbocycles. The number of halogens is 1. The average molecular weight is 398 g/mol. The number of aryl methyl sites for hydroxylation is 1. The van der Waals surface area contributed by atoms with E-state index in [4.69, 9.17) is 4.74 Å². The van der Waals surface area contributed by atoms with Crippen molar-refractivity contribution in [3.8, 4) is 11.1 Å². The van der Waals surface area contributed by atoms with Crippen LogP contribution in [0.1, 0.15) is 28.5 Å². The lowest BCUT2D eigenvalue weighted by Gasteiger charge is -2.07. The van der Waals surface area contributed by atoms with Gasteiger partial charge in [0.15, 0.2) is 5.13 Å². The van der Waals surface area contributed by atoms with Crippen molar-refractivity contribution in [1.82, 2.24) is 4.98 Å². The van der Waals surface area contributed by atoms with Crippen molar-refractivity contribution in [1.29, 1.82) is 0 Å². The zero-order valence-electron chi connectivity index (χ0n) is 15.5. The molecule has 144 valence electrons. The first kappa shape index (κ1) is 19.7. The molecule has 0 aliphatic rings. The Kier molecular flexibility index (Phi) is 6.16. The van der Waals surface area contributed by atoms with E-state index >= 15 is 0 Å². The van der Waals surface area contributed by atoms with Gasteiger partial charge in [0.1, 0.15) is 5.82 Å². The minimum atomic E-state index is -0.612. The molecule has 0 fully saturated rings. The summed E-state index contributed by atoms with van der Waals surface area (Å²) in [5.74, 6) is -1.59. The Labute approximate surface area is 166 Å². The molecule has 0 saturated heterocycles. The van der Waals surface area contributed by atoms with Gasteiger partial charge in [0, 0.05) is 5.38 Å². The van der Waals surface area contributed by atoms with Crippen LogP contribution in [0.4, 0.5) is 9.52 Å². The first-order chi connectivity index (χ1) is 13.5. The molecule has 0 atom stereocenters. The van der Waals surface area contributed by atoms with Crippen LogP contribution in [0.15, 0.2) is 47.8 Å². The van der Waals surface area contributed by atoms with Gasteiger partial charge in [-0.15, -0.1) is 11.3 Å². The Balaban J connectivity index is 1.70. The predicted octanol–water partition coefficient (Wildman–Crippen LogP) is 4.62. The highest BCUT2D eigenvalue weighted by Gasteiger charge is 2.15. The van der Waals surface area contributed by atoms with Crippen LogP contribution in [0.25, 0.3) is 11.1 Å². The van der Waals surface area contributed by atoms with E-state index in [0.29, 0.717) is 23.0 Å². The second-order valence-electron chi connectivity index (χ2n) is 6.14. The maximum atomic E-state index is 14.5. The fraction of sp³-hybridized carbons (Fsp3) is 0.190. The number of aromatic nitrogens is 1. The van der Waals surface area contributed by atoms with E-state index in [9.17, 15) is 14.0 Å². The van der Waals surface area contributed by atoms with Crippen molar-refractivity contribution < 1.29 is 18.7 Å². The number of nitrogens with one attached hydrogen (secondary N) is 1. The molecular weight excluding hydrogens is 379 g/mol. The molecule has 0 radical (unpaired) electrons. The molecule has 0 spiro atoms. The lowest BCUT2D eigenvalue weighted by atomic mass is 10.0. The number of amides is 1. The normalized spacial score (nSPS) is 10.5. The van der Waals surface area contributed by atoms with Crippen molar-refractivity contribution in [3.05, 3.63) is 70.5 Å². The molecule has 3 rings (SSSR count). The topological polar surface area (TPSA) is 68.3 Å². The highest BCUT2D eigenvalue weighted by Crippen LogP contribution is 2.24. The van der Waals surface area contributed by atoms with E-state index in [1.54, 1.807) is 18.4 Å². The molecule has 0 aliphatic heterocycles. The number of benzene rings is 2. The first-order valence-electron chi connectivity index (χ1n) is 8.74. The SMILES string of the molecule is CCOC(=O)Cc1csc(NC(=O)c2ccc(-c3ccc(C)cc3)cc2F)n1. The van der Waals surface area contributed by atoms with Crippen molar-refractivity contribution in [2.45, 2.75) is 20.3 Å². The minimum absolute atomic E-state index is 0.0276. The fourth-order valence-electron chi connectivity index (χ4n) is 2.59. The van der Waals surface area contributed by atoms with E-state index in [0.717, 1.165) is 11.1 Å². The van der Waals surface area contributed by atoms with Crippen LogP contribution >= 0.6 is 11.3 Å². The summed E-state index contributed by atoms with van der Waals surface area (Å²) in [5.41, 5.74) is 3.11. The summed E-state index contributed by atoms with van der Waals surface area (Å²) < 4.78 is 19.4. The number of carbonyl (C=O) groups excluding carboxylic acids is 2. The van der Waals surface area contributed by atoms with Gasteiger partial charge in [-0.25, -0.2) is 9.37 Å². The summed E-state index contributed by atoms with van der Waals surface area (Å²) in [5, 5.41) is 4.52. The molecule has 0 unspecified atom stereocenters. The van der Waals surface area contributed by atoms with Crippen LogP contribution in [-0.4, -0.2) is 23.5 Å². The van der Waals surface area contributed by atoms with Crippen LogP contribution < -0.4 is 5.32 Å². The molecule has 0 saturated carbocycles. The van der Waals surface area contributed by atoms with Gasteiger partial charge in [0.25, 0.3) is 5.91 Å². The second-order valence-corrected chi connectivity index (χ2v) is 7.00. The maximum absolute atomic E-state index is 14.5. The molecular formula is C21H19FN2O3S. The molecule has 1 N–H and O–H groups in total. The molecule has 1 amide bonds. The maximum Gasteiger partial charge on any atom is 0.311 e. The fourth-order valence-corrected chi connectivity index (χ4v) is 3.30. The largest absolute Gasteiger partial charge is 0.466 e. The Morgan fingerprint density at radius 1 is 1.14 bits per heavy atom. The number of hydrogen-bond acceptors (Lipinski definition) is 5. The number of anilines is 1. The van der Waals surface area contributed by atoms with Crippen molar-refractivity contribution in [2.24, 2.45) is 0 Å². The van der Waals surface area contributed by atoms with Crippen LogP contribution in [0.2, 0.25) is 0 Å². The lowest BCUT2D eigenvalue weighted by Crippen LogP contribution is -2.14. The second kappa shape index (κ2) is 8.75. The summed E-state index contributed by atoms with van der Waals surface area (Å²) >= 11 is 1.17. The van der Waals surface area contributed by atoms with E-state index in [2.05, 4.69) is 10.3 Å². The molecule has 7 heteroatoms.